The van der Waals surface area contributed by atoms with Gasteiger partial charge in [-0.1, -0.05) is 12.1 Å². The molecule has 0 spiro atoms. The van der Waals surface area contributed by atoms with Crippen LogP contribution in [0.4, 0.5) is 18.9 Å². The summed E-state index contributed by atoms with van der Waals surface area (Å²) in [5, 5.41) is 2.59. The Morgan fingerprint density at radius 2 is 1.87 bits per heavy atom. The molecule has 31 heavy (non-hydrogen) atoms. The lowest BCUT2D eigenvalue weighted by atomic mass is 10.1. The molecule has 2 aromatic rings. The summed E-state index contributed by atoms with van der Waals surface area (Å²) >= 11 is 0. The van der Waals surface area contributed by atoms with Gasteiger partial charge < -0.3 is 19.7 Å². The van der Waals surface area contributed by atoms with E-state index in [2.05, 4.69) is 5.32 Å². The quantitative estimate of drug-likeness (QED) is 0.703. The van der Waals surface area contributed by atoms with Gasteiger partial charge in [-0.15, -0.1) is 0 Å². The van der Waals surface area contributed by atoms with Gasteiger partial charge in [-0.25, -0.2) is 0 Å². The highest BCUT2D eigenvalue weighted by molar-refractivity contribution is 6.00. The number of carbonyl (C=O) groups excluding carboxylic acids is 3. The van der Waals surface area contributed by atoms with Crippen molar-refractivity contribution >= 4 is 23.5 Å². The van der Waals surface area contributed by atoms with Gasteiger partial charge in [0, 0.05) is 12.1 Å². The zero-order chi connectivity index (χ0) is 22.6. The summed E-state index contributed by atoms with van der Waals surface area (Å²) in [6, 6.07) is 8.72. The van der Waals surface area contributed by atoms with Crippen LogP contribution in [0, 0.1) is 0 Å². The maximum Gasteiger partial charge on any atom is 0.416 e. The number of halogens is 3. The van der Waals surface area contributed by atoms with Crippen LogP contribution in [-0.4, -0.2) is 42.4 Å². The second-order valence-electron chi connectivity index (χ2n) is 6.71. The van der Waals surface area contributed by atoms with Gasteiger partial charge in [-0.2, -0.15) is 13.2 Å². The minimum atomic E-state index is -4.48. The Morgan fingerprint density at radius 3 is 2.52 bits per heavy atom. The lowest BCUT2D eigenvalue weighted by Crippen LogP contribution is -2.36. The van der Waals surface area contributed by atoms with E-state index in [-0.39, 0.29) is 31.2 Å². The Labute approximate surface area is 175 Å². The van der Waals surface area contributed by atoms with Crippen molar-refractivity contribution in [2.24, 2.45) is 0 Å². The fraction of sp³-hybridized carbons (Fsp3) is 0.286. The molecule has 1 aliphatic heterocycles. The molecule has 0 aliphatic carbocycles. The van der Waals surface area contributed by atoms with E-state index < -0.39 is 30.2 Å². The first kappa shape index (κ1) is 22.1. The minimum absolute atomic E-state index is 0.114. The summed E-state index contributed by atoms with van der Waals surface area (Å²) in [5.74, 6) is -1.19. The number of rotatable bonds is 6. The largest absolute Gasteiger partial charge is 0.482 e. The smallest absolute Gasteiger partial charge is 0.416 e. The number of hydrogen-bond donors (Lipinski definition) is 1. The predicted octanol–water partition coefficient (Wildman–Crippen LogP) is 3.24. The minimum Gasteiger partial charge on any atom is -0.482 e. The van der Waals surface area contributed by atoms with Crippen molar-refractivity contribution in [2.45, 2.75) is 19.6 Å². The molecule has 2 aromatic carbocycles. The number of amides is 2. The third-order valence-electron chi connectivity index (χ3n) is 4.43. The molecule has 0 aromatic heterocycles. The molecule has 0 unspecified atom stereocenters. The number of carbonyl (C=O) groups is 3. The molecule has 1 aliphatic rings. The van der Waals surface area contributed by atoms with Crippen molar-refractivity contribution in [3.63, 3.8) is 0 Å². The van der Waals surface area contributed by atoms with Gasteiger partial charge in [0.05, 0.1) is 17.9 Å². The fourth-order valence-corrected chi connectivity index (χ4v) is 2.98. The van der Waals surface area contributed by atoms with Crippen LogP contribution < -0.4 is 10.1 Å². The Morgan fingerprint density at radius 1 is 1.16 bits per heavy atom. The van der Waals surface area contributed by atoms with Gasteiger partial charge in [0.25, 0.3) is 11.8 Å². The summed E-state index contributed by atoms with van der Waals surface area (Å²) in [6.45, 7) is 1.09. The fourth-order valence-electron chi connectivity index (χ4n) is 2.98. The number of esters is 1. The molecule has 164 valence electrons. The van der Waals surface area contributed by atoms with Gasteiger partial charge in [0.2, 0.25) is 0 Å². The van der Waals surface area contributed by atoms with E-state index in [0.717, 1.165) is 17.0 Å². The van der Waals surface area contributed by atoms with Crippen molar-refractivity contribution in [3.8, 4) is 5.75 Å². The van der Waals surface area contributed by atoms with Crippen molar-refractivity contribution in [3.05, 3.63) is 59.2 Å². The zero-order valence-electron chi connectivity index (χ0n) is 16.5. The number of fused-ring (bicyclic) bond motifs is 1. The monoisotopic (exact) mass is 436 g/mol. The van der Waals surface area contributed by atoms with Crippen LogP contribution in [0.5, 0.6) is 5.75 Å². The molecule has 7 nitrogen and oxygen atoms in total. The van der Waals surface area contributed by atoms with Gasteiger partial charge in [0.1, 0.15) is 12.3 Å². The summed E-state index contributed by atoms with van der Waals surface area (Å²) in [4.78, 5) is 37.8. The second kappa shape index (κ2) is 9.07. The van der Waals surface area contributed by atoms with E-state index in [0.29, 0.717) is 17.0 Å². The summed E-state index contributed by atoms with van der Waals surface area (Å²) in [5.41, 5.74) is 0.0682. The van der Waals surface area contributed by atoms with Crippen molar-refractivity contribution in [2.75, 3.05) is 25.1 Å². The highest BCUT2D eigenvalue weighted by atomic mass is 19.4. The van der Waals surface area contributed by atoms with Crippen LogP contribution in [0.1, 0.15) is 28.4 Å². The van der Waals surface area contributed by atoms with Crippen molar-refractivity contribution < 1.29 is 37.0 Å². The third kappa shape index (κ3) is 5.53. The number of anilines is 1. The normalized spacial score (nSPS) is 13.0. The van der Waals surface area contributed by atoms with Crippen molar-refractivity contribution in [1.82, 2.24) is 4.90 Å². The molecule has 1 N–H and O–H groups in total. The number of hydrogen-bond acceptors (Lipinski definition) is 5. The maximum atomic E-state index is 13.1. The standard InChI is InChI=1S/C21H19F3N2O5/c1-2-30-19(28)11-26(10-13-3-6-15(7-4-13)21(22,23)24)20(29)14-5-8-17-16(9-14)25-18(27)12-31-17/h3-9H,2,10-12H2,1H3,(H,25,27). The average Bonchev–Trinajstić information content (AvgIpc) is 2.72. The molecule has 0 saturated carbocycles. The first-order valence-corrected chi connectivity index (χ1v) is 9.35. The van der Waals surface area contributed by atoms with Gasteiger partial charge in [0.15, 0.2) is 6.61 Å². The zero-order valence-corrected chi connectivity index (χ0v) is 16.5. The van der Waals surface area contributed by atoms with Gasteiger partial charge in [-0.3, -0.25) is 14.4 Å². The molecule has 2 amide bonds. The second-order valence-corrected chi connectivity index (χ2v) is 6.71. The lowest BCUT2D eigenvalue weighted by Gasteiger charge is -2.23. The summed E-state index contributed by atoms with van der Waals surface area (Å²) in [6.07, 6.45) is -4.48. The van der Waals surface area contributed by atoms with E-state index in [4.69, 9.17) is 9.47 Å². The topological polar surface area (TPSA) is 84.9 Å². The van der Waals surface area contributed by atoms with Crippen molar-refractivity contribution in [1.29, 1.82) is 0 Å². The Hall–Kier alpha value is -3.56. The molecule has 0 fully saturated rings. The molecule has 10 heteroatoms. The molecular formula is C21H19F3N2O5. The van der Waals surface area contributed by atoms with Crippen LogP contribution in [0.15, 0.2) is 42.5 Å². The lowest BCUT2D eigenvalue weighted by molar-refractivity contribution is -0.144. The van der Waals surface area contributed by atoms with E-state index in [1.165, 1.54) is 30.3 Å². The van der Waals surface area contributed by atoms with Crippen LogP contribution in [-0.2, 0) is 27.0 Å². The first-order chi connectivity index (χ1) is 14.7. The summed E-state index contributed by atoms with van der Waals surface area (Å²) < 4.78 is 48.5. The number of alkyl halides is 3. The Kier molecular flexibility index (Phi) is 6.47. The number of nitrogens with zero attached hydrogens (tertiary/aromatic N) is 1. The maximum absolute atomic E-state index is 13.1. The Bertz CT molecular complexity index is 989. The molecule has 0 radical (unpaired) electrons. The SMILES string of the molecule is CCOC(=O)CN(Cc1ccc(C(F)(F)F)cc1)C(=O)c1ccc2c(c1)NC(=O)CO2. The van der Waals surface area contributed by atoms with Crippen LogP contribution >= 0.6 is 0 Å². The molecule has 0 saturated heterocycles. The molecular weight excluding hydrogens is 417 g/mol. The number of nitrogens with one attached hydrogen (secondary N) is 1. The predicted molar refractivity (Wildman–Crippen MR) is 103 cm³/mol. The highest BCUT2D eigenvalue weighted by Crippen LogP contribution is 2.30. The number of benzene rings is 2. The van der Waals surface area contributed by atoms with Crippen LogP contribution in [0.2, 0.25) is 0 Å². The molecule has 0 bridgehead atoms. The van der Waals surface area contributed by atoms with E-state index in [1.54, 1.807) is 6.92 Å². The van der Waals surface area contributed by atoms with Crippen LogP contribution in [0.3, 0.4) is 0 Å². The first-order valence-electron chi connectivity index (χ1n) is 9.35. The highest BCUT2D eigenvalue weighted by Gasteiger charge is 2.30. The van der Waals surface area contributed by atoms with Gasteiger partial charge in [-0.05, 0) is 42.8 Å². The Balaban J connectivity index is 1.84. The van der Waals surface area contributed by atoms with Gasteiger partial charge >= 0.3 is 12.1 Å². The molecule has 1 heterocycles. The molecule has 0 atom stereocenters. The van der Waals surface area contributed by atoms with E-state index in [9.17, 15) is 27.6 Å². The van der Waals surface area contributed by atoms with E-state index in [1.807, 2.05) is 0 Å². The molecule has 3 rings (SSSR count). The third-order valence-corrected chi connectivity index (χ3v) is 4.43. The summed E-state index contributed by atoms with van der Waals surface area (Å²) in [7, 11) is 0. The van der Waals surface area contributed by atoms with Crippen LogP contribution in [0.25, 0.3) is 0 Å². The van der Waals surface area contributed by atoms with E-state index >= 15 is 0 Å². The average molecular weight is 436 g/mol. The number of ether oxygens (including phenoxy) is 2.